The largest absolute Gasteiger partial charge is 0.391 e. The first kappa shape index (κ1) is 36.5. The molecule has 0 fully saturated rings. The maximum Gasteiger partial charge on any atom is 0.274 e. The average Bonchev–Trinajstić information content (AvgIpc) is 3.46. The number of hydrogen-bond acceptors (Lipinski definition) is 8. The summed E-state index contributed by atoms with van der Waals surface area (Å²) in [4.78, 5) is 54.1. The second-order valence-corrected chi connectivity index (χ2v) is 12.0. The van der Waals surface area contributed by atoms with Crippen molar-refractivity contribution in [3.05, 3.63) is 93.3 Å². The van der Waals surface area contributed by atoms with Crippen LogP contribution >= 0.6 is 11.6 Å². The first-order valence-electron chi connectivity index (χ1n) is 14.9. The van der Waals surface area contributed by atoms with Crippen molar-refractivity contribution < 1.29 is 28.8 Å². The number of allylic oxidation sites excluding steroid dienone is 1. The number of nitrogens with one attached hydrogen (secondary N) is 3. The highest BCUT2D eigenvalue weighted by Crippen LogP contribution is 2.20. The van der Waals surface area contributed by atoms with E-state index in [9.17, 15) is 29.5 Å². The molecular formula is C34H39ClN6O6. The molecule has 3 aromatic rings. The normalized spacial score (nSPS) is 13.2. The third kappa shape index (κ3) is 10.3. The van der Waals surface area contributed by atoms with Crippen LogP contribution in [-0.2, 0) is 27.3 Å². The highest BCUT2D eigenvalue weighted by molar-refractivity contribution is 6.31. The van der Waals surface area contributed by atoms with Crippen LogP contribution < -0.4 is 20.9 Å². The molecule has 0 saturated carbocycles. The van der Waals surface area contributed by atoms with Crippen molar-refractivity contribution >= 4 is 40.9 Å². The summed E-state index contributed by atoms with van der Waals surface area (Å²) in [6.07, 6.45) is 0.226. The summed E-state index contributed by atoms with van der Waals surface area (Å²) in [5.74, 6) is -2.24. The van der Waals surface area contributed by atoms with Gasteiger partial charge in [0.05, 0.1) is 6.10 Å². The number of nitriles is 1. The molecule has 1 unspecified atom stereocenters. The lowest BCUT2D eigenvalue weighted by molar-refractivity contribution is -0.131. The van der Waals surface area contributed by atoms with Crippen molar-refractivity contribution in [1.29, 1.82) is 5.26 Å². The number of anilines is 1. The lowest BCUT2D eigenvalue weighted by Crippen LogP contribution is -2.57. The van der Waals surface area contributed by atoms with Crippen LogP contribution in [0.5, 0.6) is 0 Å². The van der Waals surface area contributed by atoms with Gasteiger partial charge in [0.15, 0.2) is 5.69 Å². The van der Waals surface area contributed by atoms with Gasteiger partial charge in [0.2, 0.25) is 11.8 Å². The molecular weight excluding hydrogens is 624 g/mol. The molecule has 4 N–H and O–H groups in total. The van der Waals surface area contributed by atoms with E-state index in [0.717, 1.165) is 5.56 Å². The number of carbonyl (C=O) groups is 4. The van der Waals surface area contributed by atoms with E-state index in [0.29, 0.717) is 27.6 Å². The molecule has 0 aliphatic heterocycles. The maximum atomic E-state index is 13.6. The first-order valence-corrected chi connectivity index (χ1v) is 15.3. The number of carbonyl (C=O) groups excluding carboxylic acids is 4. The smallest absolute Gasteiger partial charge is 0.274 e. The zero-order valence-corrected chi connectivity index (χ0v) is 27.9. The van der Waals surface area contributed by atoms with E-state index in [1.807, 2.05) is 32.9 Å². The van der Waals surface area contributed by atoms with E-state index in [-0.39, 0.29) is 30.2 Å². The number of aliphatic hydroxyl groups excluding tert-OH is 1. The zero-order chi connectivity index (χ0) is 34.8. The van der Waals surface area contributed by atoms with Gasteiger partial charge in [-0.15, -0.1) is 0 Å². The second kappa shape index (κ2) is 16.5. The minimum Gasteiger partial charge on any atom is -0.391 e. The van der Waals surface area contributed by atoms with Crippen LogP contribution in [0.4, 0.5) is 5.69 Å². The van der Waals surface area contributed by atoms with Crippen molar-refractivity contribution in [1.82, 2.24) is 21.1 Å². The molecule has 0 saturated heterocycles. The molecule has 1 heterocycles. The van der Waals surface area contributed by atoms with E-state index < -0.39 is 41.8 Å². The predicted octanol–water partition coefficient (Wildman–Crippen LogP) is 3.54. The Balaban J connectivity index is 1.88. The fourth-order valence-corrected chi connectivity index (χ4v) is 4.88. The highest BCUT2D eigenvalue weighted by Gasteiger charge is 2.31. The summed E-state index contributed by atoms with van der Waals surface area (Å²) in [6.45, 7) is 8.61. The van der Waals surface area contributed by atoms with Crippen LogP contribution in [0.1, 0.15) is 53.7 Å². The molecule has 47 heavy (non-hydrogen) atoms. The Labute approximate surface area is 278 Å². The van der Waals surface area contributed by atoms with E-state index in [4.69, 9.17) is 16.1 Å². The number of rotatable bonds is 13. The molecule has 3 rings (SSSR count). The second-order valence-electron chi connectivity index (χ2n) is 11.6. The summed E-state index contributed by atoms with van der Waals surface area (Å²) in [5, 5.41) is 31.9. The van der Waals surface area contributed by atoms with Gasteiger partial charge in [-0.3, -0.25) is 19.2 Å². The van der Waals surface area contributed by atoms with E-state index in [2.05, 4.69) is 21.1 Å². The Hall–Kier alpha value is -4.99. The van der Waals surface area contributed by atoms with E-state index in [1.165, 1.54) is 24.9 Å². The summed E-state index contributed by atoms with van der Waals surface area (Å²) in [5.41, 5.74) is 2.58. The van der Waals surface area contributed by atoms with Crippen LogP contribution in [0.2, 0.25) is 5.02 Å². The number of hydrogen-bond donors (Lipinski definition) is 4. The molecule has 4 amide bonds. The van der Waals surface area contributed by atoms with Gasteiger partial charge in [0.1, 0.15) is 29.5 Å². The number of aryl methyl sites for hydroxylation is 2. The lowest BCUT2D eigenvalue weighted by atomic mass is 10.0. The Morgan fingerprint density at radius 1 is 1.06 bits per heavy atom. The minimum absolute atomic E-state index is 0.000759. The molecule has 3 atom stereocenters. The van der Waals surface area contributed by atoms with Crippen molar-refractivity contribution in [2.45, 2.75) is 65.8 Å². The molecule has 13 heteroatoms. The molecule has 0 aliphatic carbocycles. The standard InChI is InChI=1S/C34H39ClN6O6/c1-19(2)12-25(17-36)34(46)41(6)26-9-7-8-23(15-26)16-28(31(43)37-18-24-11-10-20(3)13-27(24)35)38-33(45)30(22(5)42)39-32(44)29-14-21(4)47-40-29/h7-15,19,22,28,30,42H,16,18H2,1-6H3,(H,37,43)(H,38,45)(H,39,44)/t22-,28?,30+/m1/s1. The Morgan fingerprint density at radius 2 is 1.79 bits per heavy atom. The van der Waals surface area contributed by atoms with Gasteiger partial charge in [-0.25, -0.2) is 0 Å². The van der Waals surface area contributed by atoms with Gasteiger partial charge in [-0.1, -0.05) is 60.9 Å². The van der Waals surface area contributed by atoms with Gasteiger partial charge in [0.25, 0.3) is 11.8 Å². The van der Waals surface area contributed by atoms with Gasteiger partial charge < -0.3 is 30.5 Å². The van der Waals surface area contributed by atoms with E-state index in [1.54, 1.807) is 49.4 Å². The average molecular weight is 663 g/mol. The Morgan fingerprint density at radius 3 is 2.38 bits per heavy atom. The summed E-state index contributed by atoms with van der Waals surface area (Å²) >= 11 is 6.36. The minimum atomic E-state index is -1.44. The topological polar surface area (TPSA) is 178 Å². The van der Waals surface area contributed by atoms with Gasteiger partial charge in [0, 0.05) is 36.8 Å². The van der Waals surface area contributed by atoms with Gasteiger partial charge in [-0.05, 0) is 61.6 Å². The maximum absolute atomic E-state index is 13.6. The summed E-state index contributed by atoms with van der Waals surface area (Å²) in [6, 6.07) is 12.9. The fourth-order valence-electron chi connectivity index (χ4n) is 4.58. The monoisotopic (exact) mass is 662 g/mol. The van der Waals surface area contributed by atoms with Crippen molar-refractivity contribution in [3.8, 4) is 6.07 Å². The number of likely N-dealkylation sites (N-methyl/N-ethyl adjacent to an activating group) is 1. The molecule has 2 aromatic carbocycles. The third-order valence-electron chi connectivity index (χ3n) is 7.10. The molecule has 1 aromatic heterocycles. The Bertz CT molecular complexity index is 1690. The number of amides is 4. The molecule has 12 nitrogen and oxygen atoms in total. The van der Waals surface area contributed by atoms with E-state index >= 15 is 0 Å². The molecule has 248 valence electrons. The number of benzene rings is 2. The zero-order valence-electron chi connectivity index (χ0n) is 27.1. The van der Waals surface area contributed by atoms with Crippen molar-refractivity contribution in [2.24, 2.45) is 5.92 Å². The van der Waals surface area contributed by atoms with Crippen LogP contribution in [-0.4, -0.2) is 59.1 Å². The quantitative estimate of drug-likeness (QED) is 0.159. The van der Waals surface area contributed by atoms with Gasteiger partial charge in [-0.2, -0.15) is 5.26 Å². The van der Waals surface area contributed by atoms with Crippen LogP contribution in [0, 0.1) is 31.1 Å². The number of aromatic nitrogens is 1. The molecule has 0 radical (unpaired) electrons. The number of nitrogens with zero attached hydrogens (tertiary/aromatic N) is 3. The fraction of sp³-hybridized carbons (Fsp3) is 0.353. The summed E-state index contributed by atoms with van der Waals surface area (Å²) < 4.78 is 4.93. The van der Waals surface area contributed by atoms with Gasteiger partial charge >= 0.3 is 0 Å². The first-order chi connectivity index (χ1) is 22.2. The predicted molar refractivity (Wildman–Crippen MR) is 176 cm³/mol. The molecule has 0 aliphatic rings. The molecule has 0 bridgehead atoms. The molecule has 0 spiro atoms. The number of halogens is 1. The van der Waals surface area contributed by atoms with Crippen molar-refractivity contribution in [3.63, 3.8) is 0 Å². The SMILES string of the molecule is Cc1ccc(CNC(=O)C(Cc2cccc(N(C)C(=O)C(C#N)=CC(C)C)c2)NC(=O)[C@@H](NC(=O)c2cc(C)on2)[C@@H](C)O)c(Cl)c1. The number of aliphatic hydroxyl groups is 1. The highest BCUT2D eigenvalue weighted by atomic mass is 35.5. The third-order valence-corrected chi connectivity index (χ3v) is 7.45. The van der Waals surface area contributed by atoms with Crippen LogP contribution in [0.25, 0.3) is 0 Å². The van der Waals surface area contributed by atoms with Crippen LogP contribution in [0.3, 0.4) is 0 Å². The Kier molecular flexibility index (Phi) is 12.8. The lowest BCUT2D eigenvalue weighted by Gasteiger charge is -2.25. The summed E-state index contributed by atoms with van der Waals surface area (Å²) in [7, 11) is 1.54. The van der Waals surface area contributed by atoms with Crippen LogP contribution in [0.15, 0.2) is 64.7 Å². The van der Waals surface area contributed by atoms with Crippen molar-refractivity contribution in [2.75, 3.05) is 11.9 Å².